The van der Waals surface area contributed by atoms with Gasteiger partial charge in [-0.2, -0.15) is 0 Å². The maximum atomic E-state index is 12.2. The summed E-state index contributed by atoms with van der Waals surface area (Å²) in [6, 6.07) is 5.82. The Morgan fingerprint density at radius 1 is 1.35 bits per heavy atom. The average molecular weight is 379 g/mol. The number of aromatic nitrogens is 2. The number of halogens is 2. The lowest BCUT2D eigenvalue weighted by molar-refractivity contribution is 0.411. The van der Waals surface area contributed by atoms with Crippen molar-refractivity contribution in [2.75, 3.05) is 11.8 Å². The molecule has 0 aliphatic heterocycles. The quantitative estimate of drug-likeness (QED) is 0.827. The third kappa shape index (κ3) is 3.38. The van der Waals surface area contributed by atoms with Crippen LogP contribution in [0.3, 0.4) is 0 Å². The fourth-order valence-corrected chi connectivity index (χ4v) is 3.18. The van der Waals surface area contributed by atoms with Gasteiger partial charge in [0.15, 0.2) is 0 Å². The minimum absolute atomic E-state index is 0.0498. The number of ether oxygens (including phenoxy) is 1. The molecular weight excluding hydrogens is 370 g/mol. The number of sulfonamides is 1. The van der Waals surface area contributed by atoms with E-state index in [1.54, 1.807) is 0 Å². The van der Waals surface area contributed by atoms with Gasteiger partial charge in [0.25, 0.3) is 10.0 Å². The summed E-state index contributed by atoms with van der Waals surface area (Å²) in [4.78, 5) is 7.60. The molecule has 0 aliphatic rings. The Kier molecular flexibility index (Phi) is 4.46. The molecule has 0 saturated carbocycles. The van der Waals surface area contributed by atoms with Crippen molar-refractivity contribution in [2.45, 2.75) is 4.90 Å². The van der Waals surface area contributed by atoms with Crippen molar-refractivity contribution in [1.82, 2.24) is 9.97 Å². The molecule has 20 heavy (non-hydrogen) atoms. The molecule has 0 atom stereocenters. The van der Waals surface area contributed by atoms with Gasteiger partial charge in [0.2, 0.25) is 5.95 Å². The number of hydrogen-bond acceptors (Lipinski definition) is 5. The maximum absolute atomic E-state index is 12.2. The lowest BCUT2D eigenvalue weighted by atomic mass is 10.3. The Bertz CT molecular complexity index is 739. The highest BCUT2D eigenvalue weighted by molar-refractivity contribution is 9.10. The first kappa shape index (κ1) is 15.0. The maximum Gasteiger partial charge on any atom is 0.264 e. The second kappa shape index (κ2) is 5.94. The molecule has 0 spiro atoms. The van der Waals surface area contributed by atoms with Crippen LogP contribution in [0.15, 0.2) is 39.8 Å². The highest BCUT2D eigenvalue weighted by atomic mass is 79.9. The number of anilines is 1. The molecule has 2 aromatic rings. The van der Waals surface area contributed by atoms with Crippen LogP contribution in [-0.4, -0.2) is 25.5 Å². The molecular formula is C11H9BrClN3O3S. The van der Waals surface area contributed by atoms with Gasteiger partial charge >= 0.3 is 0 Å². The Labute approximate surface area is 129 Å². The van der Waals surface area contributed by atoms with Crippen LogP contribution in [0.5, 0.6) is 5.75 Å². The standard InChI is InChI=1S/C11H9BrClN3O3S/c1-19-9-3-2-7(6-8(9)12)20(17,18)16-11-14-5-4-10(13)15-11/h2-6H,1H3,(H,14,15,16). The summed E-state index contributed by atoms with van der Waals surface area (Å²) < 4.78 is 32.1. The van der Waals surface area contributed by atoms with Gasteiger partial charge < -0.3 is 4.74 Å². The van der Waals surface area contributed by atoms with Gasteiger partial charge in [0, 0.05) is 6.20 Å². The van der Waals surface area contributed by atoms with Crippen LogP contribution in [-0.2, 0) is 10.0 Å². The van der Waals surface area contributed by atoms with E-state index >= 15 is 0 Å². The Morgan fingerprint density at radius 2 is 2.10 bits per heavy atom. The minimum atomic E-state index is -3.80. The molecule has 0 unspecified atom stereocenters. The summed E-state index contributed by atoms with van der Waals surface area (Å²) in [6.07, 6.45) is 1.36. The predicted octanol–water partition coefficient (Wildman–Crippen LogP) is 2.70. The molecule has 0 fully saturated rings. The zero-order valence-corrected chi connectivity index (χ0v) is 13.3. The highest BCUT2D eigenvalue weighted by Crippen LogP contribution is 2.28. The summed E-state index contributed by atoms with van der Waals surface area (Å²) in [7, 11) is -2.30. The first-order valence-corrected chi connectivity index (χ1v) is 7.93. The molecule has 1 heterocycles. The number of nitrogens with one attached hydrogen (secondary N) is 1. The lowest BCUT2D eigenvalue weighted by Crippen LogP contribution is -2.15. The highest BCUT2D eigenvalue weighted by Gasteiger charge is 2.17. The van der Waals surface area contributed by atoms with E-state index in [4.69, 9.17) is 16.3 Å². The third-order valence-electron chi connectivity index (χ3n) is 2.28. The first-order chi connectivity index (χ1) is 9.42. The van der Waals surface area contributed by atoms with E-state index < -0.39 is 10.0 Å². The Balaban J connectivity index is 2.33. The van der Waals surface area contributed by atoms with Crippen molar-refractivity contribution in [1.29, 1.82) is 0 Å². The number of methoxy groups -OCH3 is 1. The largest absolute Gasteiger partial charge is 0.496 e. The lowest BCUT2D eigenvalue weighted by Gasteiger charge is -2.08. The van der Waals surface area contributed by atoms with Crippen molar-refractivity contribution in [3.8, 4) is 5.75 Å². The van der Waals surface area contributed by atoms with Crippen LogP contribution in [0.25, 0.3) is 0 Å². The van der Waals surface area contributed by atoms with E-state index in [0.717, 1.165) is 0 Å². The zero-order chi connectivity index (χ0) is 14.8. The molecule has 2 rings (SSSR count). The van der Waals surface area contributed by atoms with E-state index in [0.29, 0.717) is 10.2 Å². The molecule has 0 amide bonds. The second-order valence-electron chi connectivity index (χ2n) is 3.60. The Morgan fingerprint density at radius 3 is 2.70 bits per heavy atom. The normalized spacial score (nSPS) is 11.2. The van der Waals surface area contributed by atoms with E-state index in [1.807, 2.05) is 0 Å². The van der Waals surface area contributed by atoms with E-state index in [1.165, 1.54) is 37.6 Å². The second-order valence-corrected chi connectivity index (χ2v) is 6.53. The number of benzene rings is 1. The topological polar surface area (TPSA) is 81.2 Å². The van der Waals surface area contributed by atoms with Gasteiger partial charge in [-0.05, 0) is 40.2 Å². The number of hydrogen-bond donors (Lipinski definition) is 1. The first-order valence-electron chi connectivity index (χ1n) is 5.27. The minimum Gasteiger partial charge on any atom is -0.496 e. The Hall–Kier alpha value is -1.38. The van der Waals surface area contributed by atoms with Gasteiger partial charge in [-0.3, -0.25) is 0 Å². The number of rotatable bonds is 4. The van der Waals surface area contributed by atoms with Gasteiger partial charge in [-0.15, -0.1) is 0 Å². The van der Waals surface area contributed by atoms with E-state index in [-0.39, 0.29) is 16.0 Å². The van der Waals surface area contributed by atoms with Crippen LogP contribution in [0.2, 0.25) is 5.15 Å². The van der Waals surface area contributed by atoms with E-state index in [9.17, 15) is 8.42 Å². The monoisotopic (exact) mass is 377 g/mol. The molecule has 0 bridgehead atoms. The summed E-state index contributed by atoms with van der Waals surface area (Å²) in [6.45, 7) is 0. The van der Waals surface area contributed by atoms with Crippen molar-refractivity contribution < 1.29 is 13.2 Å². The summed E-state index contributed by atoms with van der Waals surface area (Å²) >= 11 is 8.90. The van der Waals surface area contributed by atoms with Crippen molar-refractivity contribution in [3.63, 3.8) is 0 Å². The fraction of sp³-hybridized carbons (Fsp3) is 0.0909. The van der Waals surface area contributed by atoms with Gasteiger partial charge in [-0.25, -0.2) is 23.1 Å². The summed E-state index contributed by atoms with van der Waals surface area (Å²) in [5.74, 6) is 0.437. The smallest absolute Gasteiger partial charge is 0.264 e. The molecule has 1 aromatic carbocycles. The van der Waals surface area contributed by atoms with Crippen LogP contribution < -0.4 is 9.46 Å². The molecule has 1 aromatic heterocycles. The van der Waals surface area contributed by atoms with Crippen LogP contribution in [0.4, 0.5) is 5.95 Å². The van der Waals surface area contributed by atoms with Crippen LogP contribution in [0.1, 0.15) is 0 Å². The van der Waals surface area contributed by atoms with Crippen LogP contribution in [0, 0.1) is 0 Å². The SMILES string of the molecule is COc1ccc(S(=O)(=O)Nc2nccc(Cl)n2)cc1Br. The van der Waals surface area contributed by atoms with Gasteiger partial charge in [0.1, 0.15) is 10.9 Å². The summed E-state index contributed by atoms with van der Waals surface area (Å²) in [5, 5.41) is 0.147. The van der Waals surface area contributed by atoms with Crippen molar-refractivity contribution >= 4 is 43.5 Å². The summed E-state index contributed by atoms with van der Waals surface area (Å²) in [5.41, 5.74) is 0. The molecule has 6 nitrogen and oxygen atoms in total. The van der Waals surface area contributed by atoms with Gasteiger partial charge in [-0.1, -0.05) is 11.6 Å². The fourth-order valence-electron chi connectivity index (χ4n) is 1.38. The van der Waals surface area contributed by atoms with E-state index in [2.05, 4.69) is 30.6 Å². The van der Waals surface area contributed by atoms with Gasteiger partial charge in [0.05, 0.1) is 16.5 Å². The number of nitrogens with zero attached hydrogens (tertiary/aromatic N) is 2. The van der Waals surface area contributed by atoms with Crippen molar-refractivity contribution in [3.05, 3.63) is 40.1 Å². The average Bonchev–Trinajstić information content (AvgIpc) is 2.38. The third-order valence-corrected chi connectivity index (χ3v) is 4.44. The zero-order valence-electron chi connectivity index (χ0n) is 10.2. The predicted molar refractivity (Wildman–Crippen MR) is 78.5 cm³/mol. The molecule has 1 N–H and O–H groups in total. The van der Waals surface area contributed by atoms with Crippen molar-refractivity contribution in [2.24, 2.45) is 0 Å². The molecule has 0 saturated heterocycles. The molecule has 9 heteroatoms. The molecule has 0 aliphatic carbocycles. The molecule has 106 valence electrons. The van der Waals surface area contributed by atoms with Crippen LogP contribution >= 0.6 is 27.5 Å². The molecule has 0 radical (unpaired) electrons.